The van der Waals surface area contributed by atoms with E-state index in [1.54, 1.807) is 0 Å². The maximum Gasteiger partial charge on any atom is 0.302 e. The fraction of sp³-hybridized carbons (Fsp3) is 0.650. The van der Waals surface area contributed by atoms with Gasteiger partial charge < -0.3 is 9.47 Å². The highest BCUT2D eigenvalue weighted by Gasteiger charge is 2.31. The normalized spacial score (nSPS) is 25.8. The molecule has 2 atom stereocenters. The van der Waals surface area contributed by atoms with Crippen molar-refractivity contribution in [3.8, 4) is 5.75 Å². The number of rotatable bonds is 4. The van der Waals surface area contributed by atoms with Crippen molar-refractivity contribution in [2.45, 2.75) is 82.8 Å². The van der Waals surface area contributed by atoms with Gasteiger partial charge >= 0.3 is 5.97 Å². The molecule has 1 aromatic carbocycles. The summed E-state index contributed by atoms with van der Waals surface area (Å²) in [5.41, 5.74) is 1.23. The highest BCUT2D eigenvalue weighted by Crippen LogP contribution is 2.40. The molecule has 1 aromatic rings. The number of carbonyl (C=O) groups excluding carboxylic acids is 1. The second-order valence-electron chi connectivity index (χ2n) is 6.95. The predicted molar refractivity (Wildman–Crippen MR) is 90.7 cm³/mol. The van der Waals surface area contributed by atoms with Crippen molar-refractivity contribution in [3.05, 3.63) is 29.8 Å². The number of esters is 1. The summed E-state index contributed by atoms with van der Waals surface area (Å²) in [6.07, 6.45) is 10.9. The van der Waals surface area contributed by atoms with Crippen LogP contribution < -0.4 is 4.74 Å². The van der Waals surface area contributed by atoms with Gasteiger partial charge in [-0.1, -0.05) is 31.0 Å². The summed E-state index contributed by atoms with van der Waals surface area (Å²) in [4.78, 5) is 11.4. The predicted octanol–water partition coefficient (Wildman–Crippen LogP) is 4.99. The Morgan fingerprint density at radius 1 is 0.957 bits per heavy atom. The van der Waals surface area contributed by atoms with E-state index in [1.807, 2.05) is 6.07 Å². The maximum absolute atomic E-state index is 11.4. The number of carbonyl (C=O) groups is 1. The minimum atomic E-state index is -0.174. The fourth-order valence-corrected chi connectivity index (χ4v) is 4.06. The van der Waals surface area contributed by atoms with Gasteiger partial charge in [0.1, 0.15) is 11.9 Å². The van der Waals surface area contributed by atoms with Crippen molar-refractivity contribution in [2.75, 3.05) is 0 Å². The van der Waals surface area contributed by atoms with Crippen LogP contribution in [0.4, 0.5) is 0 Å². The molecule has 2 fully saturated rings. The highest BCUT2D eigenvalue weighted by atomic mass is 16.5. The van der Waals surface area contributed by atoms with Crippen molar-refractivity contribution >= 4 is 5.97 Å². The number of ether oxygens (including phenoxy) is 2. The van der Waals surface area contributed by atoms with Crippen molar-refractivity contribution in [2.24, 2.45) is 0 Å². The SMILES string of the molecule is CC(=O)O[C@H]1CCCC[C@@H]1c1ccccc1OC1CCCCC1. The molecule has 2 saturated carbocycles. The Kier molecular flexibility index (Phi) is 5.58. The molecule has 3 nitrogen and oxygen atoms in total. The van der Waals surface area contributed by atoms with E-state index in [1.165, 1.54) is 38.2 Å². The van der Waals surface area contributed by atoms with Crippen LogP contribution in [0.15, 0.2) is 24.3 Å². The minimum Gasteiger partial charge on any atom is -0.490 e. The van der Waals surface area contributed by atoms with E-state index < -0.39 is 0 Å². The van der Waals surface area contributed by atoms with Crippen LogP contribution in [-0.2, 0) is 9.53 Å². The van der Waals surface area contributed by atoms with Crippen LogP contribution in [0.3, 0.4) is 0 Å². The Morgan fingerprint density at radius 2 is 1.65 bits per heavy atom. The van der Waals surface area contributed by atoms with E-state index in [-0.39, 0.29) is 18.0 Å². The molecule has 23 heavy (non-hydrogen) atoms. The van der Waals surface area contributed by atoms with Crippen LogP contribution in [0.2, 0.25) is 0 Å². The Labute approximate surface area is 139 Å². The summed E-state index contributed by atoms with van der Waals surface area (Å²) in [6.45, 7) is 1.51. The molecule has 0 amide bonds. The van der Waals surface area contributed by atoms with Gasteiger partial charge in [-0.2, -0.15) is 0 Å². The third-order valence-corrected chi connectivity index (χ3v) is 5.18. The molecular formula is C20H28O3. The van der Waals surface area contributed by atoms with E-state index in [9.17, 15) is 4.79 Å². The van der Waals surface area contributed by atoms with E-state index in [0.29, 0.717) is 6.10 Å². The molecule has 0 aliphatic heterocycles. The monoisotopic (exact) mass is 316 g/mol. The van der Waals surface area contributed by atoms with Gasteiger partial charge in [0.15, 0.2) is 0 Å². The molecule has 3 heteroatoms. The van der Waals surface area contributed by atoms with Crippen LogP contribution >= 0.6 is 0 Å². The van der Waals surface area contributed by atoms with Crippen LogP contribution in [-0.4, -0.2) is 18.2 Å². The average Bonchev–Trinajstić information content (AvgIpc) is 2.56. The molecule has 2 aliphatic rings. The summed E-state index contributed by atoms with van der Waals surface area (Å²) >= 11 is 0. The van der Waals surface area contributed by atoms with Gasteiger partial charge in [0, 0.05) is 18.4 Å². The molecule has 0 radical (unpaired) electrons. The molecular weight excluding hydrogens is 288 g/mol. The maximum atomic E-state index is 11.4. The smallest absolute Gasteiger partial charge is 0.302 e. The van der Waals surface area contributed by atoms with Gasteiger partial charge in [0.05, 0.1) is 6.10 Å². The first-order valence-electron chi connectivity index (χ1n) is 9.17. The number of para-hydroxylation sites is 1. The molecule has 3 rings (SSSR count). The summed E-state index contributed by atoms with van der Waals surface area (Å²) in [7, 11) is 0. The zero-order valence-electron chi connectivity index (χ0n) is 14.1. The van der Waals surface area contributed by atoms with Crippen molar-refractivity contribution in [1.29, 1.82) is 0 Å². The lowest BCUT2D eigenvalue weighted by Crippen LogP contribution is -2.29. The number of hydrogen-bond acceptors (Lipinski definition) is 3. The average molecular weight is 316 g/mol. The Hall–Kier alpha value is -1.51. The van der Waals surface area contributed by atoms with E-state index in [4.69, 9.17) is 9.47 Å². The Morgan fingerprint density at radius 3 is 2.43 bits per heavy atom. The van der Waals surface area contributed by atoms with Crippen LogP contribution in [0.25, 0.3) is 0 Å². The third-order valence-electron chi connectivity index (χ3n) is 5.18. The minimum absolute atomic E-state index is 0.00245. The lowest BCUT2D eigenvalue weighted by atomic mass is 9.81. The molecule has 0 aromatic heterocycles. The zero-order chi connectivity index (χ0) is 16.1. The molecule has 0 saturated heterocycles. The Balaban J connectivity index is 1.78. The van der Waals surface area contributed by atoms with Gasteiger partial charge in [0.25, 0.3) is 0 Å². The van der Waals surface area contributed by atoms with Crippen LogP contribution in [0, 0.1) is 0 Å². The lowest BCUT2D eigenvalue weighted by Gasteiger charge is -2.33. The van der Waals surface area contributed by atoms with E-state index >= 15 is 0 Å². The first-order valence-corrected chi connectivity index (χ1v) is 9.17. The lowest BCUT2D eigenvalue weighted by molar-refractivity contribution is -0.148. The van der Waals surface area contributed by atoms with Gasteiger partial charge in [0.2, 0.25) is 0 Å². The summed E-state index contributed by atoms with van der Waals surface area (Å²) in [5, 5.41) is 0. The van der Waals surface area contributed by atoms with Gasteiger partial charge in [-0.05, 0) is 51.0 Å². The molecule has 0 spiro atoms. The second kappa shape index (κ2) is 7.85. The molecule has 126 valence electrons. The van der Waals surface area contributed by atoms with Gasteiger partial charge in [-0.15, -0.1) is 0 Å². The number of benzene rings is 1. The zero-order valence-corrected chi connectivity index (χ0v) is 14.1. The molecule has 0 bridgehead atoms. The number of hydrogen-bond donors (Lipinski definition) is 0. The fourth-order valence-electron chi connectivity index (χ4n) is 4.06. The van der Waals surface area contributed by atoms with E-state index in [2.05, 4.69) is 18.2 Å². The van der Waals surface area contributed by atoms with Crippen LogP contribution in [0.1, 0.15) is 76.2 Å². The molecule has 2 aliphatic carbocycles. The van der Waals surface area contributed by atoms with Gasteiger partial charge in [-0.3, -0.25) is 4.79 Å². The first kappa shape index (κ1) is 16.4. The third kappa shape index (κ3) is 4.27. The van der Waals surface area contributed by atoms with Crippen LogP contribution in [0.5, 0.6) is 5.75 Å². The quantitative estimate of drug-likeness (QED) is 0.734. The van der Waals surface area contributed by atoms with Crippen molar-refractivity contribution in [1.82, 2.24) is 0 Å². The van der Waals surface area contributed by atoms with Crippen molar-refractivity contribution < 1.29 is 14.3 Å². The summed E-state index contributed by atoms with van der Waals surface area (Å²) in [5.74, 6) is 1.10. The largest absolute Gasteiger partial charge is 0.490 e. The summed E-state index contributed by atoms with van der Waals surface area (Å²) < 4.78 is 12.0. The topological polar surface area (TPSA) is 35.5 Å². The summed E-state index contributed by atoms with van der Waals surface area (Å²) in [6, 6.07) is 8.36. The molecule has 0 N–H and O–H groups in total. The first-order chi connectivity index (χ1) is 11.2. The Bertz CT molecular complexity index is 519. The van der Waals surface area contributed by atoms with E-state index in [0.717, 1.165) is 37.9 Å². The molecule has 0 unspecified atom stereocenters. The molecule has 0 heterocycles. The highest BCUT2D eigenvalue weighted by molar-refractivity contribution is 5.66. The second-order valence-corrected chi connectivity index (χ2v) is 6.95. The standard InChI is InChI=1S/C20H28O3/c1-15(21)22-19-13-7-5-11-17(19)18-12-6-8-14-20(18)23-16-9-3-2-4-10-16/h6,8,12,14,16-17,19H,2-5,7,9-11,13H2,1H3/t17-,19+/m1/s1. The van der Waals surface area contributed by atoms with Crippen molar-refractivity contribution in [3.63, 3.8) is 0 Å². The van der Waals surface area contributed by atoms with Gasteiger partial charge in [-0.25, -0.2) is 0 Å².